The Hall–Kier alpha value is -1.89. The van der Waals surface area contributed by atoms with E-state index in [1.54, 1.807) is 0 Å². The van der Waals surface area contributed by atoms with E-state index >= 15 is 0 Å². The molecule has 6 nitrogen and oxygen atoms in total. The largest absolute Gasteiger partial charge is 0.445 e. The molecule has 24 heavy (non-hydrogen) atoms. The Bertz CT molecular complexity index is 617. The van der Waals surface area contributed by atoms with Crippen molar-refractivity contribution >= 4 is 33.8 Å². The number of nitrogens with one attached hydrogen (secondary N) is 1. The van der Waals surface area contributed by atoms with Crippen LogP contribution in [0.15, 0.2) is 30.3 Å². The minimum Gasteiger partial charge on any atom is -0.445 e. The molecule has 1 heterocycles. The lowest BCUT2D eigenvalue weighted by atomic mass is 10.2. The number of ether oxygens (including phenoxy) is 1. The van der Waals surface area contributed by atoms with Gasteiger partial charge in [0.25, 0.3) is 0 Å². The number of rotatable bonds is 6. The molecule has 0 radical (unpaired) electrons. The van der Waals surface area contributed by atoms with Gasteiger partial charge in [-0.25, -0.2) is 4.79 Å². The molecule has 0 unspecified atom stereocenters. The lowest BCUT2D eigenvalue weighted by molar-refractivity contribution is -0.141. The summed E-state index contributed by atoms with van der Waals surface area (Å²) in [6.07, 6.45) is 1.08. The second-order valence-corrected chi connectivity index (χ2v) is 7.15. The molecule has 1 aliphatic heterocycles. The number of imide groups is 1. The smallest absolute Gasteiger partial charge is 0.409 e. The van der Waals surface area contributed by atoms with Crippen molar-refractivity contribution in [2.75, 3.05) is 0 Å². The summed E-state index contributed by atoms with van der Waals surface area (Å²) in [6, 6.07) is 9.33. The molecule has 0 aromatic heterocycles. The molecule has 0 bridgehead atoms. The highest BCUT2D eigenvalue weighted by Crippen LogP contribution is 2.39. The first kappa shape index (κ1) is 17.0. The summed E-state index contributed by atoms with van der Waals surface area (Å²) in [4.78, 5) is 37.2. The van der Waals surface area contributed by atoms with Crippen molar-refractivity contribution in [1.82, 2.24) is 10.2 Å². The van der Waals surface area contributed by atoms with Gasteiger partial charge in [-0.05, 0) is 24.3 Å². The molecule has 1 aliphatic carbocycles. The zero-order valence-corrected chi connectivity index (χ0v) is 14.7. The highest BCUT2D eigenvalue weighted by atomic mass is 79.9. The minimum atomic E-state index is -0.705. The molecule has 7 heteroatoms. The number of alkyl halides is 1. The van der Waals surface area contributed by atoms with E-state index in [0.717, 1.165) is 18.4 Å². The molecule has 2 aliphatic rings. The van der Waals surface area contributed by atoms with Crippen molar-refractivity contribution in [1.29, 1.82) is 0 Å². The second-order valence-electron chi connectivity index (χ2n) is 6.09. The summed E-state index contributed by atoms with van der Waals surface area (Å²) in [6.45, 7) is 0.137. The fraction of sp³-hybridized carbons (Fsp3) is 0.471. The van der Waals surface area contributed by atoms with Crippen molar-refractivity contribution in [3.05, 3.63) is 35.9 Å². The summed E-state index contributed by atoms with van der Waals surface area (Å²) >= 11 is 3.54. The molecule has 1 saturated carbocycles. The van der Waals surface area contributed by atoms with E-state index in [-0.39, 0.29) is 36.1 Å². The van der Waals surface area contributed by atoms with Gasteiger partial charge in [-0.2, -0.15) is 0 Å². The quantitative estimate of drug-likeness (QED) is 0.594. The van der Waals surface area contributed by atoms with Gasteiger partial charge in [0, 0.05) is 12.8 Å². The number of likely N-dealkylation sites (tertiary alicyclic amines) is 1. The number of carbonyl (C=O) groups excluding carboxylic acids is 3. The molecule has 2 fully saturated rings. The van der Waals surface area contributed by atoms with Crippen LogP contribution in [-0.4, -0.2) is 33.8 Å². The van der Waals surface area contributed by atoms with E-state index in [0.29, 0.717) is 5.92 Å². The number of nitrogens with zero attached hydrogens (tertiary/aromatic N) is 1. The van der Waals surface area contributed by atoms with Crippen molar-refractivity contribution in [2.24, 2.45) is 5.92 Å². The minimum absolute atomic E-state index is 0.137. The number of amides is 3. The normalized spacial score (nSPS) is 20.0. The van der Waals surface area contributed by atoms with E-state index in [9.17, 15) is 14.4 Å². The summed E-state index contributed by atoms with van der Waals surface area (Å²) in [7, 11) is 0. The van der Waals surface area contributed by atoms with Crippen LogP contribution in [0.1, 0.15) is 31.2 Å². The molecular weight excluding hydrogens is 376 g/mol. The first-order valence-corrected chi connectivity index (χ1v) is 8.94. The molecule has 1 N–H and O–H groups in total. The van der Waals surface area contributed by atoms with Crippen LogP contribution in [0.3, 0.4) is 0 Å². The van der Waals surface area contributed by atoms with Gasteiger partial charge in [0.05, 0.1) is 4.83 Å². The van der Waals surface area contributed by atoms with Crippen molar-refractivity contribution in [3.63, 3.8) is 0 Å². The van der Waals surface area contributed by atoms with Gasteiger partial charge in [0.2, 0.25) is 11.8 Å². The number of benzene rings is 1. The predicted molar refractivity (Wildman–Crippen MR) is 90.1 cm³/mol. The molecule has 0 spiro atoms. The van der Waals surface area contributed by atoms with Crippen LogP contribution in [0.5, 0.6) is 0 Å². The number of hydrogen-bond donors (Lipinski definition) is 1. The third-order valence-corrected chi connectivity index (χ3v) is 5.47. The SMILES string of the molecule is O=C(N[C@@H]([C@@H](Br)C1CC1)N1C(=O)CCC1=O)OCc1ccccc1. The summed E-state index contributed by atoms with van der Waals surface area (Å²) in [5.41, 5.74) is 0.870. The highest BCUT2D eigenvalue weighted by molar-refractivity contribution is 9.09. The molecule has 1 aromatic carbocycles. The fourth-order valence-electron chi connectivity index (χ4n) is 2.75. The van der Waals surface area contributed by atoms with E-state index in [1.807, 2.05) is 30.3 Å². The highest BCUT2D eigenvalue weighted by Gasteiger charge is 2.44. The van der Waals surface area contributed by atoms with Crippen LogP contribution in [0, 0.1) is 5.92 Å². The van der Waals surface area contributed by atoms with E-state index in [1.165, 1.54) is 4.90 Å². The van der Waals surface area contributed by atoms with E-state index in [2.05, 4.69) is 21.2 Å². The molecule has 2 atom stereocenters. The first-order valence-electron chi connectivity index (χ1n) is 8.02. The van der Waals surface area contributed by atoms with Crippen LogP contribution in [-0.2, 0) is 20.9 Å². The van der Waals surface area contributed by atoms with E-state index in [4.69, 9.17) is 4.74 Å². The molecule has 1 saturated heterocycles. The summed E-state index contributed by atoms with van der Waals surface area (Å²) in [5, 5.41) is 2.69. The number of halogens is 1. The lowest BCUT2D eigenvalue weighted by Gasteiger charge is -2.30. The van der Waals surface area contributed by atoms with Gasteiger partial charge in [-0.1, -0.05) is 46.3 Å². The Morgan fingerprint density at radius 2 is 1.83 bits per heavy atom. The average Bonchev–Trinajstić information content (AvgIpc) is 3.38. The van der Waals surface area contributed by atoms with Gasteiger partial charge in [-0.3, -0.25) is 19.8 Å². The Kier molecular flexibility index (Phi) is 5.18. The van der Waals surface area contributed by atoms with Gasteiger partial charge < -0.3 is 4.74 Å². The van der Waals surface area contributed by atoms with Crippen LogP contribution in [0.2, 0.25) is 0 Å². The van der Waals surface area contributed by atoms with Gasteiger partial charge in [0.1, 0.15) is 12.8 Å². The Balaban J connectivity index is 1.63. The molecule has 128 valence electrons. The molecule has 1 aromatic rings. The summed E-state index contributed by atoms with van der Waals surface area (Å²) in [5.74, 6) is -0.150. The van der Waals surface area contributed by atoms with Crippen LogP contribution in [0.4, 0.5) is 4.79 Å². The van der Waals surface area contributed by atoms with Crippen molar-refractivity contribution < 1.29 is 19.1 Å². The standard InChI is InChI=1S/C17H19BrN2O4/c18-15(12-6-7-12)16(20-13(21)8-9-14(20)22)19-17(23)24-10-11-4-2-1-3-5-11/h1-5,12,15-16H,6-10H2,(H,19,23)/t15-,16+/m0/s1. The average molecular weight is 395 g/mol. The maximum atomic E-state index is 12.1. The third kappa shape index (κ3) is 3.95. The zero-order valence-electron chi connectivity index (χ0n) is 13.1. The van der Waals surface area contributed by atoms with Gasteiger partial charge in [0.15, 0.2) is 0 Å². The number of hydrogen-bond acceptors (Lipinski definition) is 4. The van der Waals surface area contributed by atoms with Crippen LogP contribution in [0.25, 0.3) is 0 Å². The number of alkyl carbamates (subject to hydrolysis) is 1. The number of carbonyl (C=O) groups is 3. The van der Waals surface area contributed by atoms with Crippen LogP contribution >= 0.6 is 15.9 Å². The van der Waals surface area contributed by atoms with Gasteiger partial charge >= 0.3 is 6.09 Å². The van der Waals surface area contributed by atoms with E-state index < -0.39 is 12.3 Å². The Morgan fingerprint density at radius 3 is 2.42 bits per heavy atom. The molecule has 3 amide bonds. The topological polar surface area (TPSA) is 75.7 Å². The van der Waals surface area contributed by atoms with Crippen molar-refractivity contribution in [2.45, 2.75) is 43.3 Å². The molecular formula is C17H19BrN2O4. The van der Waals surface area contributed by atoms with Gasteiger partial charge in [-0.15, -0.1) is 0 Å². The maximum Gasteiger partial charge on any atom is 0.409 e. The monoisotopic (exact) mass is 394 g/mol. The zero-order chi connectivity index (χ0) is 17.1. The van der Waals surface area contributed by atoms with Crippen molar-refractivity contribution in [3.8, 4) is 0 Å². The predicted octanol–water partition coefficient (Wildman–Crippen LogP) is 2.56. The fourth-order valence-corrected chi connectivity index (χ4v) is 3.65. The Morgan fingerprint density at radius 1 is 1.21 bits per heavy atom. The maximum absolute atomic E-state index is 12.1. The second kappa shape index (κ2) is 7.34. The summed E-state index contributed by atoms with van der Waals surface area (Å²) < 4.78 is 5.22. The molecule has 3 rings (SSSR count). The van der Waals surface area contributed by atoms with Crippen LogP contribution < -0.4 is 5.32 Å². The lowest BCUT2D eigenvalue weighted by Crippen LogP contribution is -2.55. The third-order valence-electron chi connectivity index (χ3n) is 4.22. The Labute approximate surface area is 148 Å². The first-order chi connectivity index (χ1) is 11.6.